The van der Waals surface area contributed by atoms with Crippen LogP contribution >= 0.6 is 11.3 Å². The Hall–Kier alpha value is -2.48. The van der Waals surface area contributed by atoms with Crippen molar-refractivity contribution in [2.75, 3.05) is 44.3 Å². The van der Waals surface area contributed by atoms with Gasteiger partial charge in [-0.25, -0.2) is 9.97 Å². The Morgan fingerprint density at radius 2 is 2.06 bits per heavy atom. The van der Waals surface area contributed by atoms with E-state index in [2.05, 4.69) is 52.0 Å². The molecule has 0 aliphatic carbocycles. The number of morpholine rings is 1. The smallest absolute Gasteiger partial charge is 0.162 e. The molecule has 0 spiro atoms. The number of hydrogen-bond acceptors (Lipinski definition) is 6. The maximum atomic E-state index is 5.62. The minimum absolute atomic E-state index is 0.748. The lowest BCUT2D eigenvalue weighted by Gasteiger charge is -2.30. The van der Waals surface area contributed by atoms with E-state index in [1.165, 1.54) is 35.5 Å². The average molecular weight is 448 g/mol. The summed E-state index contributed by atoms with van der Waals surface area (Å²) in [6.45, 7) is 9.01. The van der Waals surface area contributed by atoms with E-state index in [0.717, 1.165) is 72.4 Å². The summed E-state index contributed by atoms with van der Waals surface area (Å²) in [6, 6.07) is 10.7. The van der Waals surface area contributed by atoms with E-state index in [1.54, 1.807) is 0 Å². The number of thiophene rings is 1. The van der Waals surface area contributed by atoms with Crippen molar-refractivity contribution >= 4 is 38.3 Å². The van der Waals surface area contributed by atoms with E-state index in [9.17, 15) is 0 Å². The fraction of sp³-hybridized carbons (Fsp3) is 0.440. The summed E-state index contributed by atoms with van der Waals surface area (Å²) in [5.74, 6) is 2.65. The maximum absolute atomic E-state index is 5.62. The third-order valence-corrected chi connectivity index (χ3v) is 7.78. The molecule has 5 heterocycles. The van der Waals surface area contributed by atoms with Gasteiger partial charge in [-0.1, -0.05) is 19.1 Å². The van der Waals surface area contributed by atoms with Crippen LogP contribution in [0, 0.1) is 5.92 Å². The topological polar surface area (TPSA) is 57.3 Å². The molecule has 6 nitrogen and oxygen atoms in total. The molecule has 0 saturated carbocycles. The summed E-state index contributed by atoms with van der Waals surface area (Å²) in [5.41, 5.74) is 3.26. The van der Waals surface area contributed by atoms with Crippen LogP contribution in [-0.2, 0) is 11.3 Å². The molecule has 0 radical (unpaired) electrons. The van der Waals surface area contributed by atoms with Gasteiger partial charge in [-0.05, 0) is 43.5 Å². The second kappa shape index (κ2) is 8.46. The van der Waals surface area contributed by atoms with E-state index >= 15 is 0 Å². The van der Waals surface area contributed by atoms with Gasteiger partial charge in [0, 0.05) is 53.7 Å². The molecule has 4 aromatic rings. The van der Waals surface area contributed by atoms with Crippen LogP contribution in [0.1, 0.15) is 24.6 Å². The van der Waals surface area contributed by atoms with Crippen molar-refractivity contribution in [1.82, 2.24) is 19.9 Å². The number of nitrogens with one attached hydrogen (secondary N) is 1. The number of piperidine rings is 1. The summed E-state index contributed by atoms with van der Waals surface area (Å²) in [7, 11) is 0. The Balaban J connectivity index is 1.44. The van der Waals surface area contributed by atoms with Crippen LogP contribution in [0.15, 0.2) is 36.5 Å². The highest BCUT2D eigenvalue weighted by atomic mass is 32.1. The van der Waals surface area contributed by atoms with Crippen molar-refractivity contribution in [2.24, 2.45) is 5.92 Å². The van der Waals surface area contributed by atoms with Gasteiger partial charge in [-0.3, -0.25) is 4.90 Å². The van der Waals surface area contributed by atoms with Gasteiger partial charge in [0.1, 0.15) is 0 Å². The molecule has 0 bridgehead atoms. The predicted octanol–water partition coefficient (Wildman–Crippen LogP) is 4.91. The summed E-state index contributed by atoms with van der Waals surface area (Å²) >= 11 is 1.87. The zero-order chi connectivity index (χ0) is 21.5. The van der Waals surface area contributed by atoms with Crippen LogP contribution < -0.4 is 4.90 Å². The van der Waals surface area contributed by atoms with E-state index in [0.29, 0.717) is 0 Å². The first-order chi connectivity index (χ1) is 15.7. The van der Waals surface area contributed by atoms with Crippen molar-refractivity contribution in [1.29, 1.82) is 0 Å². The molecular formula is C25H29N5OS. The van der Waals surface area contributed by atoms with E-state index in [-0.39, 0.29) is 0 Å². The van der Waals surface area contributed by atoms with Crippen molar-refractivity contribution < 1.29 is 4.74 Å². The Bertz CT molecular complexity index is 1240. The lowest BCUT2D eigenvalue weighted by Crippen LogP contribution is -2.36. The Kier molecular flexibility index (Phi) is 5.33. The van der Waals surface area contributed by atoms with Crippen molar-refractivity contribution in [3.05, 3.63) is 41.4 Å². The van der Waals surface area contributed by atoms with Crippen LogP contribution in [0.2, 0.25) is 0 Å². The monoisotopic (exact) mass is 447 g/mol. The molecule has 32 heavy (non-hydrogen) atoms. The van der Waals surface area contributed by atoms with Gasteiger partial charge in [0.15, 0.2) is 11.6 Å². The summed E-state index contributed by atoms with van der Waals surface area (Å²) in [4.78, 5) is 19.9. The molecular weight excluding hydrogens is 418 g/mol. The van der Waals surface area contributed by atoms with Gasteiger partial charge in [0.2, 0.25) is 0 Å². The third kappa shape index (κ3) is 3.78. The van der Waals surface area contributed by atoms with E-state index in [1.807, 2.05) is 17.5 Å². The molecule has 2 fully saturated rings. The number of rotatable bonds is 4. The number of aromatic nitrogens is 3. The number of H-pyrrole nitrogens is 1. The number of ether oxygens (including phenoxy) is 1. The highest BCUT2D eigenvalue weighted by Crippen LogP contribution is 2.36. The predicted molar refractivity (Wildman–Crippen MR) is 131 cm³/mol. The SMILES string of the molecule is CC1CCCN(Cc2cc3nc(-c4cccc5[nH]ccc45)nc(N4CCOCC4)c3s2)C1. The van der Waals surface area contributed by atoms with Crippen LogP contribution in [-0.4, -0.2) is 59.2 Å². The fourth-order valence-corrected chi connectivity index (χ4v) is 6.24. The zero-order valence-electron chi connectivity index (χ0n) is 18.5. The van der Waals surface area contributed by atoms with Gasteiger partial charge in [0.05, 0.1) is 23.4 Å². The van der Waals surface area contributed by atoms with Crippen LogP contribution in [0.25, 0.3) is 32.5 Å². The first-order valence-corrected chi connectivity index (χ1v) is 12.5. The Labute approximate surface area is 192 Å². The highest BCUT2D eigenvalue weighted by Gasteiger charge is 2.22. The number of fused-ring (bicyclic) bond motifs is 2. The fourth-order valence-electron chi connectivity index (χ4n) is 5.08. The van der Waals surface area contributed by atoms with Gasteiger partial charge in [-0.2, -0.15) is 0 Å². The van der Waals surface area contributed by atoms with Crippen LogP contribution in [0.5, 0.6) is 0 Å². The minimum Gasteiger partial charge on any atom is -0.378 e. The van der Waals surface area contributed by atoms with E-state index < -0.39 is 0 Å². The average Bonchev–Trinajstić information content (AvgIpc) is 3.45. The molecule has 1 unspecified atom stereocenters. The molecule has 166 valence electrons. The molecule has 2 aliphatic rings. The molecule has 1 N–H and O–H groups in total. The normalized spacial score (nSPS) is 20.4. The lowest BCUT2D eigenvalue weighted by atomic mass is 10.0. The van der Waals surface area contributed by atoms with Gasteiger partial charge >= 0.3 is 0 Å². The molecule has 2 aliphatic heterocycles. The largest absolute Gasteiger partial charge is 0.378 e. The molecule has 2 saturated heterocycles. The number of hydrogen-bond donors (Lipinski definition) is 1. The molecule has 7 heteroatoms. The quantitative estimate of drug-likeness (QED) is 0.482. The lowest BCUT2D eigenvalue weighted by molar-refractivity contribution is 0.122. The minimum atomic E-state index is 0.748. The Morgan fingerprint density at radius 3 is 2.94 bits per heavy atom. The highest BCUT2D eigenvalue weighted by molar-refractivity contribution is 7.19. The van der Waals surface area contributed by atoms with Crippen LogP contribution in [0.4, 0.5) is 5.82 Å². The number of benzene rings is 1. The van der Waals surface area contributed by atoms with Crippen molar-refractivity contribution in [2.45, 2.75) is 26.3 Å². The standard InChI is InChI=1S/C25H29N5OS/c1-17-4-3-9-29(15-17)16-18-14-22-23(32-18)25(30-10-12-31-13-11-30)28-24(27-22)20-5-2-6-21-19(20)7-8-26-21/h2,5-8,14,17,26H,3-4,9-13,15-16H2,1H3. The first-order valence-electron chi connectivity index (χ1n) is 11.7. The number of nitrogens with zero attached hydrogens (tertiary/aromatic N) is 4. The van der Waals surface area contributed by atoms with Crippen molar-refractivity contribution in [3.8, 4) is 11.4 Å². The molecule has 6 rings (SSSR count). The Morgan fingerprint density at radius 1 is 1.16 bits per heavy atom. The number of likely N-dealkylation sites (tertiary alicyclic amines) is 1. The number of anilines is 1. The van der Waals surface area contributed by atoms with Gasteiger partial charge < -0.3 is 14.6 Å². The summed E-state index contributed by atoms with van der Waals surface area (Å²) in [5, 5.41) is 1.16. The van der Waals surface area contributed by atoms with Crippen molar-refractivity contribution in [3.63, 3.8) is 0 Å². The first kappa shape index (κ1) is 20.1. The second-order valence-corrected chi connectivity index (χ2v) is 10.3. The molecule has 0 amide bonds. The molecule has 1 atom stereocenters. The summed E-state index contributed by atoms with van der Waals surface area (Å²) < 4.78 is 6.82. The van der Waals surface area contributed by atoms with E-state index in [4.69, 9.17) is 14.7 Å². The summed E-state index contributed by atoms with van der Waals surface area (Å²) in [6.07, 6.45) is 4.64. The van der Waals surface area contributed by atoms with Gasteiger partial charge in [-0.15, -0.1) is 11.3 Å². The third-order valence-electron chi connectivity index (χ3n) is 6.67. The molecule has 1 aromatic carbocycles. The second-order valence-electron chi connectivity index (χ2n) is 9.12. The number of aromatic amines is 1. The molecule has 3 aromatic heterocycles. The van der Waals surface area contributed by atoms with Crippen LogP contribution in [0.3, 0.4) is 0 Å². The van der Waals surface area contributed by atoms with Gasteiger partial charge in [0.25, 0.3) is 0 Å². The zero-order valence-corrected chi connectivity index (χ0v) is 19.3. The maximum Gasteiger partial charge on any atom is 0.162 e.